The minimum atomic E-state index is 0.0724. The van der Waals surface area contributed by atoms with Gasteiger partial charge in [0, 0.05) is 15.8 Å². The molecule has 118 valence electrons. The molecular weight excluding hydrogens is 324 g/mol. The zero-order chi connectivity index (χ0) is 16.6. The summed E-state index contributed by atoms with van der Waals surface area (Å²) in [5, 5.41) is 1.32. The first-order valence-corrected chi connectivity index (χ1v) is 9.11. The third-order valence-corrected chi connectivity index (χ3v) is 4.86. The Morgan fingerprint density at radius 1 is 1.00 bits per heavy atom. The van der Waals surface area contributed by atoms with E-state index in [1.165, 1.54) is 10.5 Å². The molecule has 0 radical (unpaired) electrons. The molecule has 0 aliphatic heterocycles. The van der Waals surface area contributed by atoms with Crippen molar-refractivity contribution in [1.82, 2.24) is 9.97 Å². The fourth-order valence-corrected chi connectivity index (χ4v) is 3.39. The number of aromatic nitrogens is 2. The van der Waals surface area contributed by atoms with Crippen LogP contribution in [0.4, 0.5) is 0 Å². The number of nitrogens with zero attached hydrogens (tertiary/aromatic N) is 2. The van der Waals surface area contributed by atoms with Gasteiger partial charge in [0.25, 0.3) is 0 Å². The van der Waals surface area contributed by atoms with Gasteiger partial charge in [-0.25, -0.2) is 9.97 Å². The van der Waals surface area contributed by atoms with Crippen LogP contribution in [0.3, 0.4) is 0 Å². The van der Waals surface area contributed by atoms with Gasteiger partial charge in [0.15, 0.2) is 0 Å². The summed E-state index contributed by atoms with van der Waals surface area (Å²) in [6, 6.07) is 14.6. The molecule has 0 unspecified atom stereocenters. The van der Waals surface area contributed by atoms with Crippen LogP contribution < -0.4 is 0 Å². The minimum absolute atomic E-state index is 0.0724. The molecule has 0 saturated heterocycles. The van der Waals surface area contributed by atoms with Gasteiger partial charge in [-0.2, -0.15) is 0 Å². The molecule has 23 heavy (non-hydrogen) atoms. The van der Waals surface area contributed by atoms with Crippen molar-refractivity contribution in [2.24, 2.45) is 0 Å². The predicted molar refractivity (Wildman–Crippen MR) is 100 cm³/mol. The van der Waals surface area contributed by atoms with Gasteiger partial charge in [-0.1, -0.05) is 51.1 Å². The lowest BCUT2D eigenvalue weighted by atomic mass is 9.86. The zero-order valence-electron chi connectivity index (χ0n) is 13.7. The second-order valence-electron chi connectivity index (χ2n) is 6.52. The van der Waals surface area contributed by atoms with Crippen LogP contribution in [0.15, 0.2) is 47.4 Å². The Kier molecular flexibility index (Phi) is 4.35. The standard InChI is InChI=1S/C19H19ClN2S/c1-19(2,3)12-9-10-13-15(11-12)21-18(20)22-17(13)14-7-5-6-8-16(14)23-4/h5-11H,1-4H3. The van der Waals surface area contributed by atoms with E-state index in [1.54, 1.807) is 11.8 Å². The number of fused-ring (bicyclic) bond motifs is 1. The van der Waals surface area contributed by atoms with Crippen molar-refractivity contribution in [2.75, 3.05) is 6.26 Å². The molecular formula is C19H19ClN2S. The van der Waals surface area contributed by atoms with Gasteiger partial charge in [-0.05, 0) is 41.0 Å². The highest BCUT2D eigenvalue weighted by Crippen LogP contribution is 2.35. The Bertz CT molecular complexity index is 869. The van der Waals surface area contributed by atoms with Crippen LogP contribution in [0.2, 0.25) is 5.28 Å². The van der Waals surface area contributed by atoms with E-state index in [0.29, 0.717) is 0 Å². The third kappa shape index (κ3) is 3.22. The summed E-state index contributed by atoms with van der Waals surface area (Å²) < 4.78 is 0. The van der Waals surface area contributed by atoms with Crippen molar-refractivity contribution < 1.29 is 0 Å². The topological polar surface area (TPSA) is 25.8 Å². The van der Waals surface area contributed by atoms with Crippen molar-refractivity contribution >= 4 is 34.3 Å². The molecule has 0 fully saturated rings. The van der Waals surface area contributed by atoms with Crippen LogP contribution in [0.5, 0.6) is 0 Å². The number of rotatable bonds is 2. The Labute approximate surface area is 146 Å². The summed E-state index contributed by atoms with van der Waals surface area (Å²) in [5.41, 5.74) is 4.19. The average molecular weight is 343 g/mol. The first-order valence-electron chi connectivity index (χ1n) is 7.51. The highest BCUT2D eigenvalue weighted by atomic mass is 35.5. The van der Waals surface area contributed by atoms with E-state index < -0.39 is 0 Å². The maximum absolute atomic E-state index is 6.21. The van der Waals surface area contributed by atoms with Crippen LogP contribution in [0, 0.1) is 0 Å². The first-order chi connectivity index (χ1) is 10.9. The summed E-state index contributed by atoms with van der Waals surface area (Å²) in [4.78, 5) is 10.1. The largest absolute Gasteiger partial charge is 0.223 e. The van der Waals surface area contributed by atoms with Gasteiger partial charge >= 0.3 is 0 Å². The lowest BCUT2D eigenvalue weighted by Crippen LogP contribution is -2.11. The van der Waals surface area contributed by atoms with Gasteiger partial charge in [-0.15, -0.1) is 11.8 Å². The lowest BCUT2D eigenvalue weighted by Gasteiger charge is -2.19. The summed E-state index contributed by atoms with van der Waals surface area (Å²) in [5.74, 6) is 0. The Hall–Kier alpha value is -1.58. The van der Waals surface area contributed by atoms with Crippen LogP contribution in [0.25, 0.3) is 22.2 Å². The maximum Gasteiger partial charge on any atom is 0.223 e. The molecule has 2 nitrogen and oxygen atoms in total. The molecule has 2 aromatic carbocycles. The number of halogens is 1. The first kappa shape index (κ1) is 16.3. The summed E-state index contributed by atoms with van der Waals surface area (Å²) in [6.45, 7) is 6.59. The van der Waals surface area contributed by atoms with E-state index >= 15 is 0 Å². The second kappa shape index (κ2) is 6.14. The lowest BCUT2D eigenvalue weighted by molar-refractivity contribution is 0.591. The monoisotopic (exact) mass is 342 g/mol. The van der Waals surface area contributed by atoms with E-state index in [4.69, 9.17) is 11.6 Å². The Balaban J connectivity index is 2.30. The van der Waals surface area contributed by atoms with Crippen LogP contribution >= 0.6 is 23.4 Å². The van der Waals surface area contributed by atoms with Crippen LogP contribution in [-0.2, 0) is 5.41 Å². The van der Waals surface area contributed by atoms with E-state index in [1.807, 2.05) is 12.1 Å². The molecule has 0 saturated carbocycles. The summed E-state index contributed by atoms with van der Waals surface area (Å²) in [7, 11) is 0. The van der Waals surface area contributed by atoms with Crippen molar-refractivity contribution in [3.8, 4) is 11.3 Å². The normalized spacial score (nSPS) is 11.9. The van der Waals surface area contributed by atoms with Crippen molar-refractivity contribution in [2.45, 2.75) is 31.1 Å². The molecule has 0 spiro atoms. The number of hydrogen-bond donors (Lipinski definition) is 0. The number of thioether (sulfide) groups is 1. The van der Waals surface area contributed by atoms with Gasteiger partial charge in [-0.3, -0.25) is 0 Å². The fraction of sp³-hybridized carbons (Fsp3) is 0.263. The van der Waals surface area contributed by atoms with E-state index in [9.17, 15) is 0 Å². The van der Waals surface area contributed by atoms with Gasteiger partial charge in [0.05, 0.1) is 11.2 Å². The summed E-state index contributed by atoms with van der Waals surface area (Å²) >= 11 is 7.92. The molecule has 3 aromatic rings. The van der Waals surface area contributed by atoms with E-state index in [-0.39, 0.29) is 10.7 Å². The van der Waals surface area contributed by atoms with E-state index in [2.05, 4.69) is 67.3 Å². The Morgan fingerprint density at radius 2 is 1.74 bits per heavy atom. The zero-order valence-corrected chi connectivity index (χ0v) is 15.3. The van der Waals surface area contributed by atoms with Gasteiger partial charge < -0.3 is 0 Å². The second-order valence-corrected chi connectivity index (χ2v) is 7.71. The molecule has 0 amide bonds. The minimum Gasteiger partial charge on any atom is -0.218 e. The van der Waals surface area contributed by atoms with Crippen molar-refractivity contribution in [3.05, 3.63) is 53.3 Å². The molecule has 1 heterocycles. The molecule has 0 aliphatic carbocycles. The van der Waals surface area contributed by atoms with Crippen molar-refractivity contribution in [3.63, 3.8) is 0 Å². The Morgan fingerprint density at radius 3 is 2.43 bits per heavy atom. The molecule has 3 rings (SSSR count). The molecule has 0 aliphatic rings. The SMILES string of the molecule is CSc1ccccc1-c1nc(Cl)nc2cc(C(C)(C)C)ccc12. The van der Waals surface area contributed by atoms with Crippen LogP contribution in [0.1, 0.15) is 26.3 Å². The molecule has 0 bridgehead atoms. The molecule has 4 heteroatoms. The van der Waals surface area contributed by atoms with Gasteiger partial charge in [0.2, 0.25) is 5.28 Å². The average Bonchev–Trinajstić information content (AvgIpc) is 2.52. The third-order valence-electron chi connectivity index (χ3n) is 3.90. The fourth-order valence-electron chi connectivity index (χ4n) is 2.61. The summed E-state index contributed by atoms with van der Waals surface area (Å²) in [6.07, 6.45) is 2.07. The van der Waals surface area contributed by atoms with Crippen LogP contribution in [-0.4, -0.2) is 16.2 Å². The highest BCUT2D eigenvalue weighted by molar-refractivity contribution is 7.98. The molecule has 0 atom stereocenters. The quantitative estimate of drug-likeness (QED) is 0.424. The number of hydrogen-bond acceptors (Lipinski definition) is 3. The van der Waals surface area contributed by atoms with Crippen molar-refractivity contribution in [1.29, 1.82) is 0 Å². The molecule has 0 N–H and O–H groups in total. The highest BCUT2D eigenvalue weighted by Gasteiger charge is 2.17. The smallest absolute Gasteiger partial charge is 0.218 e. The number of benzene rings is 2. The predicted octanol–water partition coefficient (Wildman–Crippen LogP) is 5.97. The van der Waals surface area contributed by atoms with E-state index in [0.717, 1.165) is 22.2 Å². The van der Waals surface area contributed by atoms with Gasteiger partial charge in [0.1, 0.15) is 0 Å². The maximum atomic E-state index is 6.21. The molecule has 1 aromatic heterocycles.